The largest absolute Gasteiger partial charge is 0.379 e. The maximum atomic E-state index is 12.8. The summed E-state index contributed by atoms with van der Waals surface area (Å²) < 4.78 is 37.4. The molecule has 1 aliphatic rings. The molecular weight excluding hydrogens is 432 g/mol. The topological polar surface area (TPSA) is 106 Å². The summed E-state index contributed by atoms with van der Waals surface area (Å²) in [6.07, 6.45) is 0. The second-order valence-electron chi connectivity index (χ2n) is 7.53. The molecule has 0 N–H and O–H groups in total. The minimum atomic E-state index is -3.61. The molecule has 1 aliphatic heterocycles. The second kappa shape index (κ2) is 9.19. The van der Waals surface area contributed by atoms with E-state index >= 15 is 0 Å². The van der Waals surface area contributed by atoms with Gasteiger partial charge in [0.05, 0.1) is 24.7 Å². The molecule has 2 aromatic carbocycles. The van der Waals surface area contributed by atoms with Gasteiger partial charge >= 0.3 is 0 Å². The summed E-state index contributed by atoms with van der Waals surface area (Å²) in [7, 11) is -1.98. The molecule has 0 spiro atoms. The van der Waals surface area contributed by atoms with Crippen molar-refractivity contribution in [3.05, 3.63) is 65.5 Å². The molecular formula is C22H24N4O5S. The van der Waals surface area contributed by atoms with Gasteiger partial charge in [0, 0.05) is 31.3 Å². The van der Waals surface area contributed by atoms with Crippen molar-refractivity contribution >= 4 is 15.9 Å². The maximum absolute atomic E-state index is 12.8. The number of aromatic nitrogens is 2. The number of benzene rings is 2. The van der Waals surface area contributed by atoms with E-state index in [1.165, 1.54) is 33.5 Å². The average molecular weight is 457 g/mol. The van der Waals surface area contributed by atoms with E-state index in [1.807, 2.05) is 31.2 Å². The average Bonchev–Trinajstić information content (AvgIpc) is 3.27. The van der Waals surface area contributed by atoms with Gasteiger partial charge in [0.1, 0.15) is 0 Å². The number of sulfonamides is 1. The van der Waals surface area contributed by atoms with Gasteiger partial charge in [-0.15, -0.1) is 0 Å². The van der Waals surface area contributed by atoms with Gasteiger partial charge in [-0.1, -0.05) is 29.4 Å². The van der Waals surface area contributed by atoms with Crippen LogP contribution in [-0.4, -0.2) is 67.0 Å². The van der Waals surface area contributed by atoms with Crippen LogP contribution in [0.15, 0.2) is 57.9 Å². The van der Waals surface area contributed by atoms with E-state index in [0.29, 0.717) is 43.6 Å². The third-order valence-corrected chi connectivity index (χ3v) is 7.20. The monoisotopic (exact) mass is 456 g/mol. The van der Waals surface area contributed by atoms with Crippen molar-refractivity contribution < 1.29 is 22.5 Å². The number of hydrogen-bond donors (Lipinski definition) is 0. The SMILES string of the molecule is Cc1ccccc1-c1noc(CN(C)C(=O)c2ccc(S(=O)(=O)N3CCOCC3)cc2)n1. The van der Waals surface area contributed by atoms with E-state index in [4.69, 9.17) is 9.26 Å². The van der Waals surface area contributed by atoms with E-state index < -0.39 is 10.0 Å². The summed E-state index contributed by atoms with van der Waals surface area (Å²) in [5.41, 5.74) is 2.26. The predicted molar refractivity (Wildman–Crippen MR) is 116 cm³/mol. The van der Waals surface area contributed by atoms with Crippen LogP contribution >= 0.6 is 0 Å². The number of carbonyl (C=O) groups excluding carboxylic acids is 1. The Hall–Kier alpha value is -3.08. The molecule has 1 fully saturated rings. The first-order chi connectivity index (χ1) is 15.4. The lowest BCUT2D eigenvalue weighted by atomic mass is 10.1. The quantitative estimate of drug-likeness (QED) is 0.560. The van der Waals surface area contributed by atoms with Crippen LogP contribution in [-0.2, 0) is 21.3 Å². The Labute approximate surface area is 186 Å². The van der Waals surface area contributed by atoms with Gasteiger partial charge in [0.15, 0.2) is 0 Å². The predicted octanol–water partition coefficient (Wildman–Crippen LogP) is 2.34. The number of ether oxygens (including phenoxy) is 1. The number of carbonyl (C=O) groups is 1. The molecule has 1 saturated heterocycles. The molecule has 0 aliphatic carbocycles. The Morgan fingerprint density at radius 1 is 1.09 bits per heavy atom. The fourth-order valence-corrected chi connectivity index (χ4v) is 4.86. The zero-order valence-electron chi connectivity index (χ0n) is 17.9. The van der Waals surface area contributed by atoms with Crippen LogP contribution in [0, 0.1) is 6.92 Å². The zero-order valence-corrected chi connectivity index (χ0v) is 18.7. The summed E-state index contributed by atoms with van der Waals surface area (Å²) in [5, 5.41) is 4.01. The molecule has 2 heterocycles. The summed E-state index contributed by atoms with van der Waals surface area (Å²) in [6.45, 7) is 3.49. The lowest BCUT2D eigenvalue weighted by Gasteiger charge is -2.26. The van der Waals surface area contributed by atoms with Crippen LogP contribution in [0.5, 0.6) is 0 Å². The smallest absolute Gasteiger partial charge is 0.254 e. The first kappa shape index (κ1) is 22.1. The van der Waals surface area contributed by atoms with E-state index in [2.05, 4.69) is 10.1 Å². The van der Waals surface area contributed by atoms with Crippen LogP contribution < -0.4 is 0 Å². The molecule has 3 aromatic rings. The number of hydrogen-bond acceptors (Lipinski definition) is 7. The lowest BCUT2D eigenvalue weighted by molar-refractivity contribution is 0.0730. The molecule has 168 valence electrons. The fourth-order valence-electron chi connectivity index (χ4n) is 3.45. The molecule has 1 amide bonds. The third-order valence-electron chi connectivity index (χ3n) is 5.28. The molecule has 32 heavy (non-hydrogen) atoms. The molecule has 0 saturated carbocycles. The Balaban J connectivity index is 1.44. The van der Waals surface area contributed by atoms with Crippen LogP contribution in [0.3, 0.4) is 0 Å². The van der Waals surface area contributed by atoms with Crippen molar-refractivity contribution in [2.75, 3.05) is 33.4 Å². The first-order valence-corrected chi connectivity index (χ1v) is 11.6. The Kier molecular flexibility index (Phi) is 6.35. The van der Waals surface area contributed by atoms with Crippen LogP contribution in [0.25, 0.3) is 11.4 Å². The highest BCUT2D eigenvalue weighted by atomic mass is 32.2. The Bertz CT molecular complexity index is 1200. The zero-order chi connectivity index (χ0) is 22.7. The number of amides is 1. The van der Waals surface area contributed by atoms with Gasteiger partial charge in [-0.05, 0) is 36.8 Å². The number of rotatable bonds is 6. The third kappa shape index (κ3) is 4.57. The highest BCUT2D eigenvalue weighted by Crippen LogP contribution is 2.21. The fraction of sp³-hybridized carbons (Fsp3) is 0.318. The van der Waals surface area contributed by atoms with Crippen LogP contribution in [0.2, 0.25) is 0 Å². The Morgan fingerprint density at radius 3 is 2.47 bits per heavy atom. The normalized spacial score (nSPS) is 14.9. The minimum absolute atomic E-state index is 0.130. The van der Waals surface area contributed by atoms with Gasteiger partial charge in [0.25, 0.3) is 5.91 Å². The lowest BCUT2D eigenvalue weighted by Crippen LogP contribution is -2.40. The highest BCUT2D eigenvalue weighted by molar-refractivity contribution is 7.89. The molecule has 10 heteroatoms. The van der Waals surface area contributed by atoms with Crippen molar-refractivity contribution in [1.29, 1.82) is 0 Å². The van der Waals surface area contributed by atoms with E-state index in [-0.39, 0.29) is 17.3 Å². The van der Waals surface area contributed by atoms with Gasteiger partial charge in [-0.25, -0.2) is 8.42 Å². The summed E-state index contributed by atoms with van der Waals surface area (Å²) >= 11 is 0. The van der Waals surface area contributed by atoms with Crippen LogP contribution in [0.4, 0.5) is 0 Å². The van der Waals surface area contributed by atoms with Gasteiger partial charge in [0.2, 0.25) is 21.7 Å². The summed E-state index contributed by atoms with van der Waals surface area (Å²) in [6, 6.07) is 13.6. The Morgan fingerprint density at radius 2 is 1.78 bits per heavy atom. The number of morpholine rings is 1. The molecule has 4 rings (SSSR count). The second-order valence-corrected chi connectivity index (χ2v) is 9.47. The minimum Gasteiger partial charge on any atom is -0.379 e. The number of nitrogens with zero attached hydrogens (tertiary/aromatic N) is 4. The molecule has 0 unspecified atom stereocenters. The maximum Gasteiger partial charge on any atom is 0.254 e. The van der Waals surface area contributed by atoms with Crippen LogP contribution in [0.1, 0.15) is 21.8 Å². The van der Waals surface area contributed by atoms with E-state index in [0.717, 1.165) is 11.1 Å². The summed E-state index contributed by atoms with van der Waals surface area (Å²) in [5.74, 6) is 0.498. The van der Waals surface area contributed by atoms with E-state index in [1.54, 1.807) is 7.05 Å². The van der Waals surface area contributed by atoms with Crippen molar-refractivity contribution in [2.45, 2.75) is 18.4 Å². The van der Waals surface area contributed by atoms with E-state index in [9.17, 15) is 13.2 Å². The number of aryl methyl sites for hydroxylation is 1. The summed E-state index contributed by atoms with van der Waals surface area (Å²) in [4.78, 5) is 18.8. The molecule has 0 bridgehead atoms. The van der Waals surface area contributed by atoms with Crippen molar-refractivity contribution in [1.82, 2.24) is 19.3 Å². The van der Waals surface area contributed by atoms with Crippen molar-refractivity contribution in [3.63, 3.8) is 0 Å². The standard InChI is InChI=1S/C22H24N4O5S/c1-16-5-3-4-6-19(16)21-23-20(31-24-21)15-25(2)22(27)17-7-9-18(10-8-17)32(28,29)26-11-13-30-14-12-26/h3-10H,11-15H2,1-2H3. The van der Waals surface area contributed by atoms with Gasteiger partial charge in [-0.2, -0.15) is 9.29 Å². The van der Waals surface area contributed by atoms with Crippen molar-refractivity contribution in [2.24, 2.45) is 0 Å². The van der Waals surface area contributed by atoms with Gasteiger partial charge in [-0.3, -0.25) is 4.79 Å². The van der Waals surface area contributed by atoms with Crippen molar-refractivity contribution in [3.8, 4) is 11.4 Å². The highest BCUT2D eigenvalue weighted by Gasteiger charge is 2.26. The molecule has 0 atom stereocenters. The molecule has 1 aromatic heterocycles. The molecule has 0 radical (unpaired) electrons. The van der Waals surface area contributed by atoms with Gasteiger partial charge < -0.3 is 14.2 Å². The molecule has 9 nitrogen and oxygen atoms in total. The first-order valence-electron chi connectivity index (χ1n) is 10.2.